The minimum Gasteiger partial charge on any atom is -0.330 e. The second kappa shape index (κ2) is 12.1. The molecule has 1 saturated carbocycles. The monoisotopic (exact) mass is 604 g/mol. The van der Waals surface area contributed by atoms with Crippen molar-refractivity contribution in [3.8, 4) is 6.19 Å². The van der Waals surface area contributed by atoms with Gasteiger partial charge in [-0.15, -0.1) is 0 Å². The van der Waals surface area contributed by atoms with Gasteiger partial charge in [0.2, 0.25) is 21.8 Å². The number of halogens is 2. The number of sulfonamides is 1. The Labute approximate surface area is 246 Å². The molecule has 1 saturated heterocycles. The fourth-order valence-electron chi connectivity index (χ4n) is 5.84. The Morgan fingerprint density at radius 1 is 1.18 bits per heavy atom. The number of benzene rings is 2. The van der Waals surface area contributed by atoms with Crippen molar-refractivity contribution in [2.75, 3.05) is 13.6 Å². The molecule has 214 valence electrons. The SMILES string of the molecule is CCC(CN(C)S(=O)(=O)C1CC1)N1C(=O)[C@@](C)(CC(=O)NC#N)C[C@H](c2cccc(Cl)c2)[C@H]1c1ccc(Cl)cc1. The number of piperidine rings is 1. The number of likely N-dealkylation sites (N-methyl/N-ethyl adjacent to an activating group) is 1. The molecule has 0 radical (unpaired) electrons. The maximum atomic E-state index is 14.5. The summed E-state index contributed by atoms with van der Waals surface area (Å²) in [5, 5.41) is 11.9. The molecule has 4 rings (SSSR count). The smallest absolute Gasteiger partial charge is 0.234 e. The molecule has 8 nitrogen and oxygen atoms in total. The van der Waals surface area contributed by atoms with E-state index in [4.69, 9.17) is 28.5 Å². The van der Waals surface area contributed by atoms with Gasteiger partial charge in [0.25, 0.3) is 0 Å². The average molecular weight is 606 g/mol. The summed E-state index contributed by atoms with van der Waals surface area (Å²) >= 11 is 12.6. The predicted octanol–water partition coefficient (Wildman–Crippen LogP) is 5.25. The minimum atomic E-state index is -3.48. The lowest BCUT2D eigenvalue weighted by atomic mass is 9.67. The summed E-state index contributed by atoms with van der Waals surface area (Å²) in [5.74, 6) is -1.09. The van der Waals surface area contributed by atoms with Gasteiger partial charge < -0.3 is 4.90 Å². The number of carbonyl (C=O) groups excluding carboxylic acids is 2. The van der Waals surface area contributed by atoms with Crippen LogP contribution in [0.1, 0.15) is 69.0 Å². The molecule has 1 unspecified atom stereocenters. The van der Waals surface area contributed by atoms with Crippen molar-refractivity contribution >= 4 is 45.0 Å². The number of hydrogen-bond donors (Lipinski definition) is 1. The van der Waals surface area contributed by atoms with Crippen molar-refractivity contribution in [1.82, 2.24) is 14.5 Å². The quantitative estimate of drug-likeness (QED) is 0.294. The highest BCUT2D eigenvalue weighted by molar-refractivity contribution is 7.90. The summed E-state index contributed by atoms with van der Waals surface area (Å²) in [7, 11) is -1.92. The van der Waals surface area contributed by atoms with E-state index in [1.165, 1.54) is 4.31 Å². The Kier molecular flexibility index (Phi) is 9.15. The van der Waals surface area contributed by atoms with Gasteiger partial charge in [-0.1, -0.05) is 61.3 Å². The lowest BCUT2D eigenvalue weighted by Gasteiger charge is -2.52. The number of amides is 2. The van der Waals surface area contributed by atoms with Crippen molar-refractivity contribution in [3.63, 3.8) is 0 Å². The van der Waals surface area contributed by atoms with Crippen LogP contribution in [0.25, 0.3) is 0 Å². The van der Waals surface area contributed by atoms with E-state index in [2.05, 4.69) is 5.32 Å². The van der Waals surface area contributed by atoms with Crippen LogP contribution in [-0.2, 0) is 19.6 Å². The maximum Gasteiger partial charge on any atom is 0.234 e. The Morgan fingerprint density at radius 2 is 1.85 bits per heavy atom. The summed E-state index contributed by atoms with van der Waals surface area (Å²) in [5.41, 5.74) is 0.584. The summed E-state index contributed by atoms with van der Waals surface area (Å²) in [6.45, 7) is 3.79. The van der Waals surface area contributed by atoms with E-state index < -0.39 is 33.4 Å². The van der Waals surface area contributed by atoms with Crippen LogP contribution in [0.5, 0.6) is 0 Å². The van der Waals surface area contributed by atoms with E-state index in [0.717, 1.165) is 11.1 Å². The van der Waals surface area contributed by atoms with E-state index in [1.807, 2.05) is 37.3 Å². The third kappa shape index (κ3) is 6.31. The van der Waals surface area contributed by atoms with Gasteiger partial charge in [0.15, 0.2) is 6.19 Å². The van der Waals surface area contributed by atoms with Crippen LogP contribution < -0.4 is 5.32 Å². The molecule has 1 aliphatic heterocycles. The summed E-state index contributed by atoms with van der Waals surface area (Å²) < 4.78 is 27.5. The van der Waals surface area contributed by atoms with Crippen molar-refractivity contribution in [2.24, 2.45) is 5.41 Å². The lowest BCUT2D eigenvalue weighted by molar-refractivity contribution is -0.157. The van der Waals surface area contributed by atoms with Crippen LogP contribution >= 0.6 is 23.2 Å². The van der Waals surface area contributed by atoms with Crippen molar-refractivity contribution in [1.29, 1.82) is 5.26 Å². The highest BCUT2D eigenvalue weighted by atomic mass is 35.5. The van der Waals surface area contributed by atoms with Crippen LogP contribution in [0.15, 0.2) is 48.5 Å². The second-order valence-electron chi connectivity index (χ2n) is 11.1. The molecule has 2 amide bonds. The summed E-state index contributed by atoms with van der Waals surface area (Å²) in [6.07, 6.45) is 3.56. The van der Waals surface area contributed by atoms with Crippen molar-refractivity contribution < 1.29 is 18.0 Å². The number of rotatable bonds is 10. The van der Waals surface area contributed by atoms with Crippen LogP contribution in [0.2, 0.25) is 10.0 Å². The molecule has 1 heterocycles. The van der Waals surface area contributed by atoms with Crippen LogP contribution in [-0.4, -0.2) is 54.3 Å². The van der Waals surface area contributed by atoms with Crippen molar-refractivity contribution in [3.05, 3.63) is 69.7 Å². The number of carbonyl (C=O) groups is 2. The molecule has 2 aliphatic rings. The topological polar surface area (TPSA) is 111 Å². The predicted molar refractivity (Wildman–Crippen MR) is 155 cm³/mol. The molecule has 40 heavy (non-hydrogen) atoms. The van der Waals surface area contributed by atoms with E-state index in [1.54, 1.807) is 43.3 Å². The minimum absolute atomic E-state index is 0.119. The molecule has 0 aromatic heterocycles. The molecule has 1 N–H and O–H groups in total. The maximum absolute atomic E-state index is 14.5. The Hall–Kier alpha value is -2.64. The van der Waals surface area contributed by atoms with Gasteiger partial charge in [-0.3, -0.25) is 14.9 Å². The molecule has 4 atom stereocenters. The normalized spacial score (nSPS) is 24.0. The standard InChI is InChI=1S/C29H34Cl2N4O4S/c1-4-23(17-34(3)40(38,39)24-12-13-24)35-27(19-8-10-21(30)11-9-19)25(20-6-5-7-22(31)14-20)15-29(2,28(35)37)16-26(36)33-18-32/h5-11,14,23-25,27H,4,12-13,15-17H2,1-3H3,(H,33,36)/t23?,25-,27-,29-/m1/s1. The van der Waals surface area contributed by atoms with Gasteiger partial charge in [0.05, 0.1) is 16.7 Å². The van der Waals surface area contributed by atoms with Gasteiger partial charge in [-0.25, -0.2) is 12.7 Å². The first-order chi connectivity index (χ1) is 18.9. The number of nitriles is 1. The van der Waals surface area contributed by atoms with E-state index in [0.29, 0.717) is 35.7 Å². The van der Waals surface area contributed by atoms with Gasteiger partial charge in [-0.05, 0) is 61.1 Å². The van der Waals surface area contributed by atoms with Crippen molar-refractivity contribution in [2.45, 2.75) is 69.2 Å². The molecule has 2 fully saturated rings. The average Bonchev–Trinajstić information content (AvgIpc) is 3.76. The highest BCUT2D eigenvalue weighted by Crippen LogP contribution is 2.52. The third-order valence-electron chi connectivity index (χ3n) is 8.05. The zero-order valence-corrected chi connectivity index (χ0v) is 25.1. The Morgan fingerprint density at radius 3 is 2.42 bits per heavy atom. The van der Waals surface area contributed by atoms with E-state index in [-0.39, 0.29) is 30.0 Å². The van der Waals surface area contributed by atoms with Crippen LogP contribution in [0.3, 0.4) is 0 Å². The molecule has 11 heteroatoms. The zero-order valence-electron chi connectivity index (χ0n) is 22.8. The lowest BCUT2D eigenvalue weighted by Crippen LogP contribution is -2.58. The van der Waals surface area contributed by atoms with E-state index >= 15 is 0 Å². The zero-order chi connectivity index (χ0) is 29.2. The summed E-state index contributed by atoms with van der Waals surface area (Å²) in [6, 6.07) is 13.8. The van der Waals surface area contributed by atoms with Crippen LogP contribution in [0.4, 0.5) is 0 Å². The molecular weight excluding hydrogens is 571 g/mol. The number of nitrogens with one attached hydrogen (secondary N) is 1. The summed E-state index contributed by atoms with van der Waals surface area (Å²) in [4.78, 5) is 28.9. The number of hydrogen-bond acceptors (Lipinski definition) is 5. The van der Waals surface area contributed by atoms with Gasteiger partial charge >= 0.3 is 0 Å². The van der Waals surface area contributed by atoms with Gasteiger partial charge in [0.1, 0.15) is 0 Å². The molecular formula is C29H34Cl2N4O4S. The van der Waals surface area contributed by atoms with E-state index in [9.17, 15) is 18.0 Å². The van der Waals surface area contributed by atoms with Gasteiger partial charge in [-0.2, -0.15) is 5.26 Å². The first-order valence-corrected chi connectivity index (χ1v) is 15.6. The van der Waals surface area contributed by atoms with Gasteiger partial charge in [0, 0.05) is 42.0 Å². The molecule has 2 aromatic rings. The fraction of sp³-hybridized carbons (Fsp3) is 0.483. The Balaban J connectivity index is 1.86. The molecule has 0 bridgehead atoms. The molecule has 0 spiro atoms. The first-order valence-electron chi connectivity index (χ1n) is 13.4. The molecule has 2 aromatic carbocycles. The van der Waals surface area contributed by atoms with Crippen LogP contribution in [0, 0.1) is 16.9 Å². The fourth-order valence-corrected chi connectivity index (χ4v) is 7.79. The first kappa shape index (κ1) is 30.3. The second-order valence-corrected chi connectivity index (χ2v) is 14.3. The largest absolute Gasteiger partial charge is 0.330 e. The Bertz CT molecular complexity index is 1410. The number of likely N-dealkylation sites (tertiary alicyclic amines) is 1. The third-order valence-corrected chi connectivity index (χ3v) is 10.9. The highest BCUT2D eigenvalue weighted by Gasteiger charge is 2.52. The number of nitrogens with zero attached hydrogens (tertiary/aromatic N) is 3. The molecule has 1 aliphatic carbocycles.